The summed E-state index contributed by atoms with van der Waals surface area (Å²) in [5, 5.41) is 8.79. The molecule has 1 N–H and O–H groups in total. The van der Waals surface area contributed by atoms with E-state index in [4.69, 9.17) is 5.11 Å². The number of hydrogen-bond acceptors (Lipinski definition) is 2. The quantitative estimate of drug-likeness (QED) is 0.797. The van der Waals surface area contributed by atoms with E-state index in [1.807, 2.05) is 4.90 Å². The van der Waals surface area contributed by atoms with Crippen molar-refractivity contribution < 1.29 is 14.7 Å². The van der Waals surface area contributed by atoms with Crippen molar-refractivity contribution in [3.8, 4) is 0 Å². The van der Waals surface area contributed by atoms with E-state index in [-0.39, 0.29) is 24.2 Å². The molecule has 2 rings (SSSR count). The van der Waals surface area contributed by atoms with E-state index in [0.29, 0.717) is 0 Å². The molecule has 4 heteroatoms. The number of amides is 1. The summed E-state index contributed by atoms with van der Waals surface area (Å²) in [6.45, 7) is 1.47. The molecule has 1 heterocycles. The molecule has 1 fully saturated rings. The Balaban J connectivity index is 1.80. The van der Waals surface area contributed by atoms with Gasteiger partial charge in [0.15, 0.2) is 0 Å². The topological polar surface area (TPSA) is 57.6 Å². The third kappa shape index (κ3) is 4.08. The van der Waals surface area contributed by atoms with Crippen molar-refractivity contribution >= 4 is 11.9 Å². The average molecular weight is 265 g/mol. The lowest BCUT2D eigenvalue weighted by molar-refractivity contribution is -0.139. The highest BCUT2D eigenvalue weighted by Crippen LogP contribution is 2.25. The molecule has 0 radical (unpaired) electrons. The van der Waals surface area contributed by atoms with Gasteiger partial charge in [0.25, 0.3) is 0 Å². The van der Waals surface area contributed by atoms with E-state index >= 15 is 0 Å². The molecule has 0 spiro atoms. The van der Waals surface area contributed by atoms with Crippen LogP contribution in [0.25, 0.3) is 0 Å². The summed E-state index contributed by atoms with van der Waals surface area (Å²) in [5.74, 6) is -0.0135. The lowest BCUT2D eigenvalue weighted by atomic mass is 9.91. The third-order valence-corrected chi connectivity index (χ3v) is 4.27. The van der Waals surface area contributed by atoms with Crippen LogP contribution in [-0.2, 0) is 9.59 Å². The Morgan fingerprint density at radius 2 is 1.63 bits per heavy atom. The number of carbonyl (C=O) groups is 2. The molecule has 1 amide bonds. The van der Waals surface area contributed by atoms with Crippen LogP contribution in [0.15, 0.2) is 12.2 Å². The number of carbonyl (C=O) groups excluding carboxylic acids is 1. The minimum absolute atomic E-state index is 0.172. The highest BCUT2D eigenvalue weighted by Gasteiger charge is 2.28. The van der Waals surface area contributed by atoms with Gasteiger partial charge in [0.1, 0.15) is 0 Å². The lowest BCUT2D eigenvalue weighted by Gasteiger charge is -2.33. The number of piperidine rings is 1. The minimum Gasteiger partial charge on any atom is -0.481 e. The minimum atomic E-state index is -0.723. The number of hydrogen-bond donors (Lipinski definition) is 1. The maximum absolute atomic E-state index is 12.4. The standard InChI is InChI=1S/C15H23NO3/c17-14(18)11-12-7-9-16(10-8-12)15(19)13-5-3-1-2-4-6-13/h1-2,12-13H,3-11H2,(H,17,18). The Morgan fingerprint density at radius 1 is 1.05 bits per heavy atom. The molecule has 0 unspecified atom stereocenters. The van der Waals surface area contributed by atoms with Crippen molar-refractivity contribution in [3.05, 3.63) is 12.2 Å². The van der Waals surface area contributed by atoms with Gasteiger partial charge in [0.05, 0.1) is 0 Å². The predicted molar refractivity (Wildman–Crippen MR) is 72.7 cm³/mol. The van der Waals surface area contributed by atoms with Gasteiger partial charge in [0, 0.05) is 25.4 Å². The fourth-order valence-electron chi connectivity index (χ4n) is 3.08. The number of aliphatic carboxylic acids is 1. The van der Waals surface area contributed by atoms with Crippen LogP contribution in [0, 0.1) is 11.8 Å². The first-order valence-electron chi connectivity index (χ1n) is 7.32. The van der Waals surface area contributed by atoms with Crippen LogP contribution in [0.3, 0.4) is 0 Å². The van der Waals surface area contributed by atoms with Crippen LogP contribution < -0.4 is 0 Å². The highest BCUT2D eigenvalue weighted by molar-refractivity contribution is 5.79. The first kappa shape index (κ1) is 14.1. The van der Waals surface area contributed by atoms with Gasteiger partial charge in [-0.25, -0.2) is 0 Å². The second-order valence-electron chi connectivity index (χ2n) is 5.69. The molecule has 106 valence electrons. The lowest BCUT2D eigenvalue weighted by Crippen LogP contribution is -2.42. The fourth-order valence-corrected chi connectivity index (χ4v) is 3.08. The van der Waals surface area contributed by atoms with E-state index in [9.17, 15) is 9.59 Å². The van der Waals surface area contributed by atoms with Crippen molar-refractivity contribution in [2.75, 3.05) is 13.1 Å². The Morgan fingerprint density at radius 3 is 2.16 bits per heavy atom. The Kier molecular flexibility index (Phi) is 5.00. The highest BCUT2D eigenvalue weighted by atomic mass is 16.4. The normalized spacial score (nSPS) is 22.2. The molecule has 0 saturated carbocycles. The van der Waals surface area contributed by atoms with Crippen molar-refractivity contribution in [1.29, 1.82) is 0 Å². The largest absolute Gasteiger partial charge is 0.481 e. The fraction of sp³-hybridized carbons (Fsp3) is 0.733. The van der Waals surface area contributed by atoms with Gasteiger partial charge >= 0.3 is 5.97 Å². The van der Waals surface area contributed by atoms with E-state index < -0.39 is 5.97 Å². The van der Waals surface area contributed by atoms with E-state index in [0.717, 1.165) is 51.6 Å². The smallest absolute Gasteiger partial charge is 0.303 e. The van der Waals surface area contributed by atoms with Crippen molar-refractivity contribution in [1.82, 2.24) is 4.90 Å². The monoisotopic (exact) mass is 265 g/mol. The Hall–Kier alpha value is -1.32. The molecule has 1 aliphatic heterocycles. The molecule has 0 atom stereocenters. The summed E-state index contributed by atoms with van der Waals surface area (Å²) in [6.07, 6.45) is 10.2. The molecular formula is C15H23NO3. The average Bonchev–Trinajstić information content (AvgIpc) is 2.67. The molecule has 0 aromatic heterocycles. The molecule has 0 aromatic carbocycles. The van der Waals surface area contributed by atoms with Crippen molar-refractivity contribution in [2.24, 2.45) is 11.8 Å². The summed E-state index contributed by atoms with van der Waals surface area (Å²) in [4.78, 5) is 25.1. The number of allylic oxidation sites excluding steroid dienone is 2. The zero-order valence-corrected chi connectivity index (χ0v) is 11.4. The Labute approximate surface area is 114 Å². The number of rotatable bonds is 3. The Bertz CT molecular complexity index is 346. The van der Waals surface area contributed by atoms with Crippen molar-refractivity contribution in [2.45, 2.75) is 44.9 Å². The van der Waals surface area contributed by atoms with Crippen LogP contribution >= 0.6 is 0 Å². The number of likely N-dealkylation sites (tertiary alicyclic amines) is 1. The summed E-state index contributed by atoms with van der Waals surface area (Å²) in [6, 6.07) is 0. The summed E-state index contributed by atoms with van der Waals surface area (Å²) in [5.41, 5.74) is 0. The van der Waals surface area contributed by atoms with Gasteiger partial charge in [-0.05, 0) is 44.4 Å². The first-order valence-corrected chi connectivity index (χ1v) is 7.32. The van der Waals surface area contributed by atoms with E-state index in [2.05, 4.69) is 12.2 Å². The van der Waals surface area contributed by atoms with Gasteiger partial charge in [-0.15, -0.1) is 0 Å². The van der Waals surface area contributed by atoms with Crippen LogP contribution in [0.1, 0.15) is 44.9 Å². The second-order valence-corrected chi connectivity index (χ2v) is 5.69. The molecule has 19 heavy (non-hydrogen) atoms. The summed E-state index contributed by atoms with van der Waals surface area (Å²) in [7, 11) is 0. The molecule has 4 nitrogen and oxygen atoms in total. The number of carboxylic acid groups (broad SMARTS) is 1. The van der Waals surface area contributed by atoms with Gasteiger partial charge in [-0.3, -0.25) is 9.59 Å². The SMILES string of the molecule is O=C(O)CC1CCN(C(=O)C2CCC=CCC2)CC1. The van der Waals surface area contributed by atoms with Crippen LogP contribution in [0.2, 0.25) is 0 Å². The number of carboxylic acids is 1. The van der Waals surface area contributed by atoms with Crippen LogP contribution in [-0.4, -0.2) is 35.0 Å². The molecular weight excluding hydrogens is 242 g/mol. The van der Waals surface area contributed by atoms with Crippen molar-refractivity contribution in [3.63, 3.8) is 0 Å². The second kappa shape index (κ2) is 6.73. The number of nitrogens with zero attached hydrogens (tertiary/aromatic N) is 1. The van der Waals surface area contributed by atoms with E-state index in [1.165, 1.54) is 0 Å². The molecule has 0 aromatic rings. The van der Waals surface area contributed by atoms with Crippen LogP contribution in [0.5, 0.6) is 0 Å². The van der Waals surface area contributed by atoms with Gasteiger partial charge < -0.3 is 10.0 Å². The summed E-state index contributed by atoms with van der Waals surface area (Å²) >= 11 is 0. The molecule has 2 aliphatic rings. The molecule has 0 bridgehead atoms. The maximum atomic E-state index is 12.4. The van der Waals surface area contributed by atoms with Gasteiger partial charge in [-0.2, -0.15) is 0 Å². The van der Waals surface area contributed by atoms with Gasteiger partial charge in [-0.1, -0.05) is 12.2 Å². The van der Waals surface area contributed by atoms with E-state index in [1.54, 1.807) is 0 Å². The zero-order valence-electron chi connectivity index (χ0n) is 11.4. The molecule has 1 saturated heterocycles. The molecule has 1 aliphatic carbocycles. The zero-order chi connectivity index (χ0) is 13.7. The van der Waals surface area contributed by atoms with Crippen LogP contribution in [0.4, 0.5) is 0 Å². The first-order chi connectivity index (χ1) is 9.16. The maximum Gasteiger partial charge on any atom is 0.303 e. The third-order valence-electron chi connectivity index (χ3n) is 4.27. The summed E-state index contributed by atoms with van der Waals surface area (Å²) < 4.78 is 0. The predicted octanol–water partition coefficient (Wildman–Crippen LogP) is 2.45. The van der Waals surface area contributed by atoms with Gasteiger partial charge in [0.2, 0.25) is 5.91 Å².